The Hall–Kier alpha value is -3.45. The molecule has 6 nitrogen and oxygen atoms in total. The van der Waals surface area contributed by atoms with E-state index in [9.17, 15) is 4.79 Å². The van der Waals surface area contributed by atoms with Crippen molar-refractivity contribution >= 4 is 32.6 Å². The predicted molar refractivity (Wildman–Crippen MR) is 110 cm³/mol. The van der Waals surface area contributed by atoms with E-state index in [1.807, 2.05) is 42.5 Å². The molecule has 1 amide bonds. The molecule has 0 aliphatic carbocycles. The van der Waals surface area contributed by atoms with Gasteiger partial charge in [-0.15, -0.1) is 0 Å². The smallest absolute Gasteiger partial charge is 0.257 e. The molecule has 140 valence electrons. The minimum Gasteiger partial charge on any atom is -0.494 e. The first kappa shape index (κ1) is 17.9. The number of rotatable bonds is 5. The lowest BCUT2D eigenvalue weighted by Gasteiger charge is -2.05. The van der Waals surface area contributed by atoms with Crippen LogP contribution in [0.2, 0.25) is 0 Å². The van der Waals surface area contributed by atoms with E-state index in [0.717, 1.165) is 21.3 Å². The lowest BCUT2D eigenvalue weighted by Crippen LogP contribution is -2.11. The van der Waals surface area contributed by atoms with Crippen LogP contribution in [-0.4, -0.2) is 30.1 Å². The molecule has 0 saturated carbocycles. The van der Waals surface area contributed by atoms with Gasteiger partial charge in [-0.2, -0.15) is 0 Å². The lowest BCUT2D eigenvalue weighted by molar-refractivity contribution is 0.102. The molecule has 4 rings (SSSR count). The van der Waals surface area contributed by atoms with Gasteiger partial charge in [0.25, 0.3) is 5.91 Å². The average Bonchev–Trinajstić information content (AvgIpc) is 3.17. The molecule has 0 bridgehead atoms. The van der Waals surface area contributed by atoms with Crippen LogP contribution in [0.1, 0.15) is 10.4 Å². The summed E-state index contributed by atoms with van der Waals surface area (Å²) >= 11 is 1.41. The number of anilines is 1. The number of methoxy groups -OCH3 is 2. The number of hydrogen-bond acceptors (Lipinski definition) is 6. The minimum absolute atomic E-state index is 0.278. The zero-order valence-corrected chi connectivity index (χ0v) is 16.1. The molecule has 2 aromatic heterocycles. The number of carbonyl (C=O) groups is 1. The van der Waals surface area contributed by atoms with Crippen LogP contribution in [0.25, 0.3) is 21.3 Å². The summed E-state index contributed by atoms with van der Waals surface area (Å²) in [5.74, 6) is 0.766. The fraction of sp³-hybridized carbons (Fsp3) is 0.0952. The van der Waals surface area contributed by atoms with E-state index in [4.69, 9.17) is 9.47 Å². The highest BCUT2D eigenvalue weighted by molar-refractivity contribution is 7.23. The van der Waals surface area contributed by atoms with Crippen molar-refractivity contribution in [2.45, 2.75) is 0 Å². The number of aromatic nitrogens is 2. The maximum atomic E-state index is 12.6. The van der Waals surface area contributed by atoms with Crippen LogP contribution >= 0.6 is 11.3 Å². The van der Waals surface area contributed by atoms with Gasteiger partial charge >= 0.3 is 0 Å². The van der Waals surface area contributed by atoms with Crippen LogP contribution in [0.4, 0.5) is 5.13 Å². The molecule has 0 saturated heterocycles. The Bertz CT molecular complexity index is 1140. The third kappa shape index (κ3) is 3.39. The third-order valence-electron chi connectivity index (χ3n) is 4.24. The van der Waals surface area contributed by atoms with Gasteiger partial charge < -0.3 is 9.47 Å². The summed E-state index contributed by atoms with van der Waals surface area (Å²) in [7, 11) is 3.12. The highest BCUT2D eigenvalue weighted by atomic mass is 32.1. The minimum atomic E-state index is -0.278. The van der Waals surface area contributed by atoms with Crippen molar-refractivity contribution in [1.29, 1.82) is 0 Å². The maximum absolute atomic E-state index is 12.6. The molecule has 0 fully saturated rings. The van der Waals surface area contributed by atoms with E-state index in [2.05, 4.69) is 15.3 Å². The molecule has 4 aromatic rings. The van der Waals surface area contributed by atoms with E-state index < -0.39 is 0 Å². The summed E-state index contributed by atoms with van der Waals surface area (Å²) < 4.78 is 11.5. The molecule has 0 spiro atoms. The van der Waals surface area contributed by atoms with Crippen LogP contribution < -0.4 is 14.8 Å². The first-order chi connectivity index (χ1) is 13.7. The zero-order valence-electron chi connectivity index (χ0n) is 15.3. The van der Waals surface area contributed by atoms with Crippen molar-refractivity contribution in [3.8, 4) is 22.8 Å². The van der Waals surface area contributed by atoms with Crippen LogP contribution in [0.3, 0.4) is 0 Å². The van der Waals surface area contributed by atoms with Crippen molar-refractivity contribution in [3.63, 3.8) is 0 Å². The lowest BCUT2D eigenvalue weighted by atomic mass is 10.1. The molecule has 7 heteroatoms. The fourth-order valence-electron chi connectivity index (χ4n) is 2.88. The zero-order chi connectivity index (χ0) is 19.5. The van der Waals surface area contributed by atoms with Gasteiger partial charge in [-0.25, -0.2) is 9.97 Å². The Balaban J connectivity index is 1.73. The van der Waals surface area contributed by atoms with Gasteiger partial charge in [0.2, 0.25) is 5.88 Å². The highest BCUT2D eigenvalue weighted by Gasteiger charge is 2.16. The summed E-state index contributed by atoms with van der Waals surface area (Å²) in [6, 6.07) is 17.2. The molecule has 1 N–H and O–H groups in total. The number of amides is 1. The largest absolute Gasteiger partial charge is 0.494 e. The summed E-state index contributed by atoms with van der Waals surface area (Å²) in [6.07, 6.45) is 1.53. The maximum Gasteiger partial charge on any atom is 0.257 e. The van der Waals surface area contributed by atoms with Crippen molar-refractivity contribution in [3.05, 3.63) is 66.4 Å². The first-order valence-corrected chi connectivity index (χ1v) is 9.35. The van der Waals surface area contributed by atoms with Gasteiger partial charge in [0.05, 0.1) is 18.9 Å². The molecule has 2 aromatic carbocycles. The number of ether oxygens (including phenoxy) is 2. The predicted octanol–water partition coefficient (Wildman–Crippen LogP) is 4.63. The normalized spacial score (nSPS) is 10.6. The Kier molecular flexibility index (Phi) is 4.90. The van der Waals surface area contributed by atoms with Crippen LogP contribution in [0.5, 0.6) is 11.6 Å². The summed E-state index contributed by atoms with van der Waals surface area (Å²) in [4.78, 5) is 21.2. The SMILES string of the molecule is COc1cc(C(=O)Nc2nc3c(OC)ccc(-c4ccccc4)c3s2)ccn1. The molecule has 2 heterocycles. The van der Waals surface area contributed by atoms with Crippen LogP contribution in [0, 0.1) is 0 Å². The Labute approximate surface area is 165 Å². The second-order valence-electron chi connectivity index (χ2n) is 5.92. The second-order valence-corrected chi connectivity index (χ2v) is 6.92. The van der Waals surface area contributed by atoms with Gasteiger partial charge in [-0.3, -0.25) is 10.1 Å². The number of pyridine rings is 1. The molecule has 0 atom stereocenters. The molecule has 0 aliphatic rings. The van der Waals surface area contributed by atoms with Gasteiger partial charge in [0.15, 0.2) is 5.13 Å². The molecule has 0 radical (unpaired) electrons. The average molecular weight is 391 g/mol. The number of thiazole rings is 1. The van der Waals surface area contributed by atoms with E-state index in [1.165, 1.54) is 24.6 Å². The fourth-order valence-corrected chi connectivity index (χ4v) is 3.89. The van der Waals surface area contributed by atoms with E-state index >= 15 is 0 Å². The number of fused-ring (bicyclic) bond motifs is 1. The Morgan fingerprint density at radius 2 is 1.86 bits per heavy atom. The summed E-state index contributed by atoms with van der Waals surface area (Å²) in [6.45, 7) is 0. The molecule has 0 unspecified atom stereocenters. The molecular formula is C21H17N3O3S. The molecule has 28 heavy (non-hydrogen) atoms. The van der Waals surface area contributed by atoms with Gasteiger partial charge in [-0.1, -0.05) is 41.7 Å². The molecule has 0 aliphatic heterocycles. The van der Waals surface area contributed by atoms with Gasteiger partial charge in [0, 0.05) is 23.4 Å². The van der Waals surface area contributed by atoms with E-state index in [1.54, 1.807) is 19.2 Å². The van der Waals surface area contributed by atoms with Crippen molar-refractivity contribution in [1.82, 2.24) is 9.97 Å². The van der Waals surface area contributed by atoms with Crippen molar-refractivity contribution < 1.29 is 14.3 Å². The highest BCUT2D eigenvalue weighted by Crippen LogP contribution is 2.39. The summed E-state index contributed by atoms with van der Waals surface area (Å²) in [5.41, 5.74) is 3.29. The third-order valence-corrected chi connectivity index (χ3v) is 5.24. The van der Waals surface area contributed by atoms with Crippen LogP contribution in [0.15, 0.2) is 60.8 Å². The standard InChI is InChI=1S/C21H17N3O3S/c1-26-16-9-8-15(13-6-4-3-5-7-13)19-18(16)23-21(28-19)24-20(25)14-10-11-22-17(12-14)27-2/h3-12H,1-2H3,(H,23,24,25). The number of nitrogens with one attached hydrogen (secondary N) is 1. The van der Waals surface area contributed by atoms with Crippen LogP contribution in [-0.2, 0) is 0 Å². The second kappa shape index (κ2) is 7.66. The first-order valence-electron chi connectivity index (χ1n) is 8.54. The van der Waals surface area contributed by atoms with E-state index in [-0.39, 0.29) is 5.91 Å². The number of benzene rings is 2. The Morgan fingerprint density at radius 3 is 2.61 bits per heavy atom. The number of nitrogens with zero attached hydrogens (tertiary/aromatic N) is 2. The Morgan fingerprint density at radius 1 is 1.04 bits per heavy atom. The topological polar surface area (TPSA) is 73.3 Å². The quantitative estimate of drug-likeness (QED) is 0.537. The van der Waals surface area contributed by atoms with Crippen molar-refractivity contribution in [2.75, 3.05) is 19.5 Å². The number of carbonyl (C=O) groups excluding carboxylic acids is 1. The molecular weight excluding hydrogens is 374 g/mol. The van der Waals surface area contributed by atoms with Gasteiger partial charge in [0.1, 0.15) is 11.3 Å². The van der Waals surface area contributed by atoms with Gasteiger partial charge in [-0.05, 0) is 23.8 Å². The number of hydrogen-bond donors (Lipinski definition) is 1. The summed E-state index contributed by atoms with van der Waals surface area (Å²) in [5, 5.41) is 3.36. The monoisotopic (exact) mass is 391 g/mol. The van der Waals surface area contributed by atoms with E-state index in [0.29, 0.717) is 22.3 Å². The van der Waals surface area contributed by atoms with Crippen molar-refractivity contribution in [2.24, 2.45) is 0 Å².